The Balaban J connectivity index is 2.34. The van der Waals surface area contributed by atoms with Gasteiger partial charge in [0.15, 0.2) is 0 Å². The molecule has 0 N–H and O–H groups in total. The molecule has 2 bridgehead atoms. The van der Waals surface area contributed by atoms with E-state index in [0.717, 1.165) is 12.8 Å². The van der Waals surface area contributed by atoms with E-state index in [1.165, 1.54) is 0 Å². The highest BCUT2D eigenvalue weighted by molar-refractivity contribution is 6.63. The topological polar surface area (TPSA) is 34.1 Å². The van der Waals surface area contributed by atoms with Gasteiger partial charge in [-0.15, -0.1) is 0 Å². The molecule has 2 aliphatic carbocycles. The molecular formula is C12H17ClO2. The van der Waals surface area contributed by atoms with Crippen LogP contribution >= 0.6 is 11.6 Å². The summed E-state index contributed by atoms with van der Waals surface area (Å²) in [6, 6.07) is 0. The van der Waals surface area contributed by atoms with Crippen molar-refractivity contribution in [3.05, 3.63) is 0 Å². The fraction of sp³-hybridized carbons (Fsp3) is 0.833. The molecule has 0 aromatic heterocycles. The molecule has 1 unspecified atom stereocenters. The minimum atomic E-state index is -0.375. The highest BCUT2D eigenvalue weighted by Gasteiger charge is 2.65. The van der Waals surface area contributed by atoms with E-state index in [4.69, 9.17) is 11.6 Å². The summed E-state index contributed by atoms with van der Waals surface area (Å²) in [5.74, 6) is 0.485. The van der Waals surface area contributed by atoms with Gasteiger partial charge in [0.25, 0.3) is 0 Å². The zero-order valence-electron chi connectivity index (χ0n) is 9.47. The van der Waals surface area contributed by atoms with Crippen molar-refractivity contribution in [3.63, 3.8) is 0 Å². The Morgan fingerprint density at radius 1 is 1.47 bits per heavy atom. The number of hydrogen-bond acceptors (Lipinski definition) is 2. The number of rotatable bonds is 2. The van der Waals surface area contributed by atoms with Gasteiger partial charge in [0.05, 0.1) is 0 Å². The summed E-state index contributed by atoms with van der Waals surface area (Å²) in [4.78, 5) is 23.2. The van der Waals surface area contributed by atoms with Crippen LogP contribution in [-0.2, 0) is 9.59 Å². The van der Waals surface area contributed by atoms with Crippen molar-refractivity contribution < 1.29 is 9.59 Å². The fourth-order valence-electron chi connectivity index (χ4n) is 3.68. The molecule has 84 valence electrons. The van der Waals surface area contributed by atoms with Crippen molar-refractivity contribution in [3.8, 4) is 0 Å². The molecule has 3 atom stereocenters. The first kappa shape index (κ1) is 11.1. The molecule has 0 spiro atoms. The van der Waals surface area contributed by atoms with Crippen molar-refractivity contribution in [1.82, 2.24) is 0 Å². The van der Waals surface area contributed by atoms with Gasteiger partial charge in [0.2, 0.25) is 5.24 Å². The molecule has 0 aliphatic heterocycles. The zero-order valence-corrected chi connectivity index (χ0v) is 10.2. The lowest BCUT2D eigenvalue weighted by Gasteiger charge is -2.32. The molecule has 15 heavy (non-hydrogen) atoms. The molecule has 0 aromatic carbocycles. The quantitative estimate of drug-likeness (QED) is 0.681. The maximum atomic E-state index is 12.2. The number of carbonyl (C=O) groups is 2. The first-order valence-corrected chi connectivity index (χ1v) is 5.91. The Hall–Kier alpha value is -0.370. The largest absolute Gasteiger partial charge is 0.299 e. The van der Waals surface area contributed by atoms with Crippen molar-refractivity contribution in [1.29, 1.82) is 0 Å². The predicted octanol–water partition coefficient (Wildman–Crippen LogP) is 2.78. The van der Waals surface area contributed by atoms with Gasteiger partial charge in [-0.3, -0.25) is 9.59 Å². The highest BCUT2D eigenvalue weighted by atomic mass is 35.5. The number of hydrogen-bond donors (Lipinski definition) is 0. The third kappa shape index (κ3) is 1.24. The summed E-state index contributed by atoms with van der Waals surface area (Å²) in [6.07, 6.45) is 2.25. The minimum absolute atomic E-state index is 0.0289. The zero-order chi connectivity index (χ0) is 11.4. The van der Waals surface area contributed by atoms with Crippen LogP contribution in [0.2, 0.25) is 0 Å². The van der Waals surface area contributed by atoms with Gasteiger partial charge in [-0.25, -0.2) is 0 Å². The summed E-state index contributed by atoms with van der Waals surface area (Å²) in [5, 5.41) is -0.375. The Kier molecular flexibility index (Phi) is 2.27. The molecule has 0 radical (unpaired) electrons. The van der Waals surface area contributed by atoms with Gasteiger partial charge in [0, 0.05) is 17.8 Å². The molecule has 2 saturated carbocycles. The van der Waals surface area contributed by atoms with E-state index in [0.29, 0.717) is 5.92 Å². The molecule has 0 aromatic rings. The number of Topliss-reactive ketones (excluding diaryl/α,β-unsaturated/α-hetero) is 1. The third-order valence-electron chi connectivity index (χ3n) is 5.05. The molecule has 2 fully saturated rings. The summed E-state index contributed by atoms with van der Waals surface area (Å²) in [6.45, 7) is 6.36. The lowest BCUT2D eigenvalue weighted by molar-refractivity contribution is -0.133. The van der Waals surface area contributed by atoms with Crippen LogP contribution in [0, 0.1) is 22.7 Å². The van der Waals surface area contributed by atoms with Crippen LogP contribution in [0.5, 0.6) is 0 Å². The standard InChI is InChI=1S/C12H17ClO2/c1-11(2)8-4-5-12(11,3)10(15)7(8)6-9(13)14/h7-8H,4-6H2,1-3H3/t7?,8-,12+/m1/s1. The SMILES string of the molecule is CC1(C)[C@@H]2CC[C@@]1(C)C(=O)C2CC(=O)Cl. The maximum absolute atomic E-state index is 12.2. The van der Waals surface area contributed by atoms with E-state index >= 15 is 0 Å². The molecule has 2 nitrogen and oxygen atoms in total. The number of fused-ring (bicyclic) bond motifs is 2. The van der Waals surface area contributed by atoms with Gasteiger partial charge in [-0.05, 0) is 35.8 Å². The van der Waals surface area contributed by atoms with Crippen molar-refractivity contribution in [2.24, 2.45) is 22.7 Å². The van der Waals surface area contributed by atoms with Crippen LogP contribution in [0.4, 0.5) is 0 Å². The smallest absolute Gasteiger partial charge is 0.222 e. The van der Waals surface area contributed by atoms with Crippen LogP contribution in [0.25, 0.3) is 0 Å². The lowest BCUT2D eigenvalue weighted by Crippen LogP contribution is -2.33. The van der Waals surface area contributed by atoms with Gasteiger partial charge >= 0.3 is 0 Å². The van der Waals surface area contributed by atoms with E-state index in [9.17, 15) is 9.59 Å². The molecule has 2 aliphatic rings. The Labute approximate surface area is 95.4 Å². The molecule has 2 rings (SSSR count). The van der Waals surface area contributed by atoms with Crippen LogP contribution in [0.15, 0.2) is 0 Å². The Bertz CT molecular complexity index is 335. The second-order valence-corrected chi connectivity index (χ2v) is 6.15. The first-order chi connectivity index (χ1) is 6.80. The highest BCUT2D eigenvalue weighted by Crippen LogP contribution is 2.66. The van der Waals surface area contributed by atoms with Crippen molar-refractivity contribution in [2.75, 3.05) is 0 Å². The van der Waals surface area contributed by atoms with Gasteiger partial charge < -0.3 is 0 Å². The molecule has 0 amide bonds. The summed E-state index contributed by atoms with van der Waals surface area (Å²) in [5.41, 5.74) is -0.199. The monoisotopic (exact) mass is 228 g/mol. The summed E-state index contributed by atoms with van der Waals surface area (Å²) in [7, 11) is 0. The molecule has 0 saturated heterocycles. The minimum Gasteiger partial charge on any atom is -0.299 e. The second-order valence-electron chi connectivity index (χ2n) is 5.73. The Morgan fingerprint density at radius 3 is 2.47 bits per heavy atom. The third-order valence-corrected chi connectivity index (χ3v) is 5.21. The second kappa shape index (κ2) is 3.07. The average molecular weight is 229 g/mol. The molecule has 0 heterocycles. The van der Waals surface area contributed by atoms with Crippen LogP contribution in [0.3, 0.4) is 0 Å². The van der Waals surface area contributed by atoms with E-state index < -0.39 is 0 Å². The average Bonchev–Trinajstić information content (AvgIpc) is 2.40. The van der Waals surface area contributed by atoms with Gasteiger partial charge in [-0.2, -0.15) is 0 Å². The maximum Gasteiger partial charge on any atom is 0.222 e. The van der Waals surface area contributed by atoms with Gasteiger partial charge in [0.1, 0.15) is 5.78 Å². The number of halogens is 1. The van der Waals surface area contributed by atoms with E-state index in [2.05, 4.69) is 13.8 Å². The number of ketones is 1. The van der Waals surface area contributed by atoms with E-state index in [-0.39, 0.29) is 34.2 Å². The van der Waals surface area contributed by atoms with Crippen LogP contribution in [-0.4, -0.2) is 11.0 Å². The number of carbonyl (C=O) groups excluding carboxylic acids is 2. The predicted molar refractivity (Wildman–Crippen MR) is 58.6 cm³/mol. The van der Waals surface area contributed by atoms with E-state index in [1.807, 2.05) is 6.92 Å². The van der Waals surface area contributed by atoms with Crippen molar-refractivity contribution in [2.45, 2.75) is 40.0 Å². The Morgan fingerprint density at radius 2 is 2.07 bits per heavy atom. The normalized spacial score (nSPS) is 42.3. The van der Waals surface area contributed by atoms with Gasteiger partial charge in [-0.1, -0.05) is 20.8 Å². The molecular weight excluding hydrogens is 212 g/mol. The van der Waals surface area contributed by atoms with Crippen molar-refractivity contribution >= 4 is 22.6 Å². The fourth-order valence-corrected chi connectivity index (χ4v) is 3.85. The summed E-state index contributed by atoms with van der Waals surface area (Å²) < 4.78 is 0. The van der Waals surface area contributed by atoms with E-state index in [1.54, 1.807) is 0 Å². The van der Waals surface area contributed by atoms with Crippen LogP contribution in [0.1, 0.15) is 40.0 Å². The first-order valence-electron chi connectivity index (χ1n) is 5.53. The lowest BCUT2D eigenvalue weighted by atomic mass is 9.70. The summed E-state index contributed by atoms with van der Waals surface area (Å²) >= 11 is 5.41. The molecule has 3 heteroatoms. The van der Waals surface area contributed by atoms with Crippen LogP contribution < -0.4 is 0 Å².